The summed E-state index contributed by atoms with van der Waals surface area (Å²) < 4.78 is 30.0. The highest BCUT2D eigenvalue weighted by Crippen LogP contribution is 2.80. The second-order valence-corrected chi connectivity index (χ2v) is 12.8. The summed E-state index contributed by atoms with van der Waals surface area (Å²) in [6.45, 7) is 1.95. The molecule has 3 aliphatic rings. The topological polar surface area (TPSA) is 71.2 Å². The van der Waals surface area contributed by atoms with Gasteiger partial charge in [-0.1, -0.05) is 36.4 Å². The number of aliphatic hydroxyl groups is 1. The van der Waals surface area contributed by atoms with Crippen LogP contribution < -0.4 is 0 Å². The molecular formula is C26H24F2N4O2S. The number of aromatic nitrogens is 3. The quantitative estimate of drug-likeness (QED) is 0.530. The molecule has 1 spiro atoms. The van der Waals surface area contributed by atoms with Crippen LogP contribution in [0.15, 0.2) is 77.7 Å². The lowest BCUT2D eigenvalue weighted by Crippen LogP contribution is -2.53. The zero-order valence-electron chi connectivity index (χ0n) is 19.1. The van der Waals surface area contributed by atoms with Crippen molar-refractivity contribution < 1.29 is 18.7 Å². The molecule has 1 saturated heterocycles. The lowest BCUT2D eigenvalue weighted by atomic mass is 9.85. The largest absolute Gasteiger partial charge is 0.381 e. The van der Waals surface area contributed by atoms with Crippen LogP contribution in [0.4, 0.5) is 8.78 Å². The van der Waals surface area contributed by atoms with Gasteiger partial charge in [0.25, 0.3) is 5.91 Å². The number of nitrogens with zero attached hydrogens (tertiary/aromatic N) is 4. The number of hydrogen-bond donors (Lipinski definition) is 1. The van der Waals surface area contributed by atoms with Gasteiger partial charge in [0.15, 0.2) is 0 Å². The minimum absolute atomic E-state index is 0.0873. The van der Waals surface area contributed by atoms with E-state index in [1.807, 2.05) is 24.3 Å². The highest BCUT2D eigenvalue weighted by atomic mass is 32.3. The molecule has 1 N–H and O–H groups in total. The van der Waals surface area contributed by atoms with Crippen molar-refractivity contribution in [2.75, 3.05) is 18.1 Å². The number of carbonyl (C=O) groups excluding carboxylic acids is 1. The van der Waals surface area contributed by atoms with Crippen molar-refractivity contribution in [2.24, 2.45) is 0 Å². The van der Waals surface area contributed by atoms with Crippen LogP contribution in [-0.2, 0) is 16.9 Å². The fourth-order valence-electron chi connectivity index (χ4n) is 5.31. The summed E-state index contributed by atoms with van der Waals surface area (Å²) in [7, 11) is -1.20. The Hall–Kier alpha value is -3.30. The molecule has 1 aromatic heterocycles. The number of amides is 1. The SMILES string of the molecule is C[C@@H](N1CC2=C(C=C(c3ccccc3)S23CC3)C1=O)[C@](O)(Cn1cncn1)c1ccc(F)cc1F. The lowest BCUT2D eigenvalue weighted by Gasteiger charge is -2.40. The van der Waals surface area contributed by atoms with E-state index in [1.54, 1.807) is 11.8 Å². The highest BCUT2D eigenvalue weighted by Gasteiger charge is 2.55. The number of halogens is 2. The lowest BCUT2D eigenvalue weighted by molar-refractivity contribution is -0.135. The molecule has 3 aliphatic heterocycles. The van der Waals surface area contributed by atoms with Gasteiger partial charge in [-0.05, 0) is 36.1 Å². The molecular weight excluding hydrogens is 470 g/mol. The molecule has 0 unspecified atom stereocenters. The maximum absolute atomic E-state index is 15.0. The van der Waals surface area contributed by atoms with Gasteiger partial charge in [0.05, 0.1) is 24.7 Å². The Morgan fingerprint density at radius 3 is 2.60 bits per heavy atom. The summed E-state index contributed by atoms with van der Waals surface area (Å²) in [5, 5.41) is 16.0. The minimum atomic E-state index is -1.86. The molecule has 1 amide bonds. The van der Waals surface area contributed by atoms with Crippen LogP contribution in [-0.4, -0.2) is 54.8 Å². The molecule has 1 fully saturated rings. The van der Waals surface area contributed by atoms with Gasteiger partial charge in [-0.25, -0.2) is 18.4 Å². The highest BCUT2D eigenvalue weighted by molar-refractivity contribution is 8.49. The number of carbonyl (C=O) groups is 1. The Kier molecular flexibility index (Phi) is 4.98. The molecule has 35 heavy (non-hydrogen) atoms. The molecule has 0 radical (unpaired) electrons. The summed E-state index contributed by atoms with van der Waals surface area (Å²) in [5.41, 5.74) is -0.0987. The van der Waals surface area contributed by atoms with E-state index in [-0.39, 0.29) is 18.0 Å². The number of benzene rings is 2. The summed E-state index contributed by atoms with van der Waals surface area (Å²) in [5.74, 6) is 0.326. The van der Waals surface area contributed by atoms with Crippen LogP contribution in [0.1, 0.15) is 18.1 Å². The molecule has 6 nitrogen and oxygen atoms in total. The van der Waals surface area contributed by atoms with Crippen molar-refractivity contribution in [1.82, 2.24) is 19.7 Å². The standard InChI is InChI=1S/C26H24F2N4O2S/c1-17(26(34,14-31-16-29-15-30-31)21-8-7-19(27)11-22(21)28)32-13-24-20(25(32)33)12-23(35(24)9-10-35)18-5-3-2-4-6-18/h2-8,11-12,15-17,34H,9-10,13-14H2,1H3/t17-,26-/m1/s1. The molecule has 6 rings (SSSR count). The summed E-state index contributed by atoms with van der Waals surface area (Å²) >= 11 is 0. The molecule has 0 aliphatic carbocycles. The average Bonchev–Trinajstić information content (AvgIpc) is 3.18. The molecule has 0 bridgehead atoms. The first kappa shape index (κ1) is 22.2. The second kappa shape index (κ2) is 7.86. The van der Waals surface area contributed by atoms with E-state index >= 15 is 0 Å². The van der Waals surface area contributed by atoms with Gasteiger partial charge in [0.2, 0.25) is 0 Å². The summed E-state index contributed by atoms with van der Waals surface area (Å²) in [6, 6.07) is 12.4. The van der Waals surface area contributed by atoms with Crippen LogP contribution in [0.25, 0.3) is 4.91 Å². The van der Waals surface area contributed by atoms with Gasteiger partial charge in [-0.2, -0.15) is 15.1 Å². The van der Waals surface area contributed by atoms with E-state index in [0.717, 1.165) is 34.1 Å². The maximum atomic E-state index is 15.0. The number of rotatable bonds is 6. The normalized spacial score (nSPS) is 21.7. The average molecular weight is 495 g/mol. The van der Waals surface area contributed by atoms with Crippen molar-refractivity contribution in [3.05, 3.63) is 101 Å². The van der Waals surface area contributed by atoms with Crippen LogP contribution in [0.5, 0.6) is 0 Å². The van der Waals surface area contributed by atoms with E-state index in [4.69, 9.17) is 0 Å². The van der Waals surface area contributed by atoms with Gasteiger partial charge in [-0.15, -0.1) is 0 Å². The van der Waals surface area contributed by atoms with Gasteiger partial charge in [-0.3, -0.25) is 4.79 Å². The van der Waals surface area contributed by atoms with Crippen LogP contribution in [0.3, 0.4) is 0 Å². The minimum Gasteiger partial charge on any atom is -0.381 e. The van der Waals surface area contributed by atoms with Crippen molar-refractivity contribution in [2.45, 2.75) is 25.1 Å². The van der Waals surface area contributed by atoms with E-state index in [1.165, 1.54) is 28.3 Å². The molecule has 180 valence electrons. The smallest absolute Gasteiger partial charge is 0.255 e. The van der Waals surface area contributed by atoms with Crippen molar-refractivity contribution in [3.8, 4) is 0 Å². The zero-order chi connectivity index (χ0) is 24.4. The van der Waals surface area contributed by atoms with Gasteiger partial charge < -0.3 is 10.0 Å². The molecule has 9 heteroatoms. The van der Waals surface area contributed by atoms with Crippen molar-refractivity contribution in [3.63, 3.8) is 0 Å². The van der Waals surface area contributed by atoms with Gasteiger partial charge in [0, 0.05) is 21.4 Å². The molecule has 3 aromatic rings. The third-order valence-electron chi connectivity index (χ3n) is 7.37. The molecule has 4 heterocycles. The van der Waals surface area contributed by atoms with E-state index in [0.29, 0.717) is 12.1 Å². The summed E-state index contributed by atoms with van der Waals surface area (Å²) in [6.07, 6.45) is 4.76. The second-order valence-electron chi connectivity index (χ2n) is 9.25. The first-order valence-electron chi connectivity index (χ1n) is 11.4. The van der Waals surface area contributed by atoms with E-state index < -0.39 is 33.3 Å². The molecule has 2 atom stereocenters. The number of fused-ring (bicyclic) bond motifs is 1. The van der Waals surface area contributed by atoms with Crippen LogP contribution in [0.2, 0.25) is 0 Å². The molecule has 0 saturated carbocycles. The van der Waals surface area contributed by atoms with Crippen LogP contribution in [0, 0.1) is 11.6 Å². The fraction of sp³-hybridized carbons (Fsp3) is 0.269. The Morgan fingerprint density at radius 2 is 1.94 bits per heavy atom. The first-order valence-corrected chi connectivity index (χ1v) is 13.4. The Labute approximate surface area is 202 Å². The third kappa shape index (κ3) is 3.36. The summed E-state index contributed by atoms with van der Waals surface area (Å²) in [4.78, 5) is 21.6. The zero-order valence-corrected chi connectivity index (χ0v) is 19.9. The third-order valence-corrected chi connectivity index (χ3v) is 11.1. The van der Waals surface area contributed by atoms with Crippen LogP contribution >= 0.6 is 10.0 Å². The van der Waals surface area contributed by atoms with E-state index in [9.17, 15) is 18.7 Å². The fourth-order valence-corrected chi connectivity index (χ4v) is 9.06. The Morgan fingerprint density at radius 1 is 1.17 bits per heavy atom. The Balaban J connectivity index is 1.36. The van der Waals surface area contributed by atoms with E-state index in [2.05, 4.69) is 22.2 Å². The first-order chi connectivity index (χ1) is 16.8. The van der Waals surface area contributed by atoms with Gasteiger partial charge >= 0.3 is 0 Å². The van der Waals surface area contributed by atoms with Crippen molar-refractivity contribution in [1.29, 1.82) is 0 Å². The molecule has 2 aromatic carbocycles. The maximum Gasteiger partial charge on any atom is 0.255 e. The van der Waals surface area contributed by atoms with Crippen molar-refractivity contribution >= 4 is 20.8 Å². The Bertz CT molecular complexity index is 1390. The predicted molar refractivity (Wildman–Crippen MR) is 130 cm³/mol. The number of hydrogen-bond acceptors (Lipinski definition) is 4. The predicted octanol–water partition coefficient (Wildman–Crippen LogP) is 3.80. The monoisotopic (exact) mass is 494 g/mol. The van der Waals surface area contributed by atoms with Gasteiger partial charge in [0.1, 0.15) is 29.9 Å².